The maximum atomic E-state index is 12.2. The minimum atomic E-state index is -0.536. The van der Waals surface area contributed by atoms with Gasteiger partial charge >= 0.3 is 6.09 Å². The predicted molar refractivity (Wildman–Crippen MR) is 91.0 cm³/mol. The Hall–Kier alpha value is -2.28. The molecule has 0 spiro atoms. The number of carbonyl (C=O) groups excluding carboxylic acids is 1. The number of carbonyl (C=O) groups is 1. The van der Waals surface area contributed by atoms with Crippen LogP contribution in [-0.4, -0.2) is 47.4 Å². The summed E-state index contributed by atoms with van der Waals surface area (Å²) in [5, 5.41) is 0. The maximum absolute atomic E-state index is 12.2. The standard InChI is InChI=1S/C17H25N3O4/c1-17(2,3)24-16(21)19(4)10-15-18-13-8-7-12(23-6)9-14(13)20(15)11-22-5/h7-9H,10-11H2,1-6H3. The van der Waals surface area contributed by atoms with Crippen LogP contribution in [0.25, 0.3) is 11.0 Å². The fraction of sp³-hybridized carbons (Fsp3) is 0.529. The van der Waals surface area contributed by atoms with E-state index in [0.29, 0.717) is 19.1 Å². The fourth-order valence-corrected chi connectivity index (χ4v) is 2.29. The SMILES string of the molecule is COCn1c(CN(C)C(=O)OC(C)(C)C)nc2ccc(OC)cc21. The number of amides is 1. The molecule has 1 aromatic heterocycles. The van der Waals surface area contributed by atoms with Crippen LogP contribution in [0.5, 0.6) is 5.75 Å². The van der Waals surface area contributed by atoms with Gasteiger partial charge in [-0.15, -0.1) is 0 Å². The Labute approximate surface area is 142 Å². The second kappa shape index (κ2) is 7.09. The molecule has 24 heavy (non-hydrogen) atoms. The summed E-state index contributed by atoms with van der Waals surface area (Å²) in [4.78, 5) is 18.3. The molecule has 0 fully saturated rings. The van der Waals surface area contributed by atoms with E-state index in [-0.39, 0.29) is 0 Å². The number of rotatable bonds is 5. The minimum absolute atomic E-state index is 0.315. The molecule has 0 unspecified atom stereocenters. The van der Waals surface area contributed by atoms with Crippen LogP contribution in [0.3, 0.4) is 0 Å². The van der Waals surface area contributed by atoms with Crippen molar-refractivity contribution in [2.75, 3.05) is 21.3 Å². The van der Waals surface area contributed by atoms with Crippen LogP contribution < -0.4 is 4.74 Å². The summed E-state index contributed by atoms with van der Waals surface area (Å²) < 4.78 is 17.8. The molecule has 7 nitrogen and oxygen atoms in total. The molecule has 0 saturated carbocycles. The van der Waals surface area contributed by atoms with E-state index in [1.807, 2.05) is 43.5 Å². The van der Waals surface area contributed by atoms with Crippen LogP contribution >= 0.6 is 0 Å². The van der Waals surface area contributed by atoms with E-state index in [9.17, 15) is 4.79 Å². The van der Waals surface area contributed by atoms with Gasteiger partial charge in [0.1, 0.15) is 23.9 Å². The van der Waals surface area contributed by atoms with Gasteiger partial charge in [0, 0.05) is 20.2 Å². The zero-order chi connectivity index (χ0) is 17.9. The van der Waals surface area contributed by atoms with Gasteiger partial charge in [-0.05, 0) is 32.9 Å². The molecule has 7 heteroatoms. The third kappa shape index (κ3) is 4.17. The van der Waals surface area contributed by atoms with Crippen LogP contribution in [0.2, 0.25) is 0 Å². The van der Waals surface area contributed by atoms with Crippen molar-refractivity contribution in [1.29, 1.82) is 0 Å². The van der Waals surface area contributed by atoms with Crippen LogP contribution in [0.4, 0.5) is 4.79 Å². The first-order valence-corrected chi connectivity index (χ1v) is 7.71. The molecule has 0 atom stereocenters. The summed E-state index contributed by atoms with van der Waals surface area (Å²) in [7, 11) is 4.92. The van der Waals surface area contributed by atoms with Gasteiger partial charge < -0.3 is 23.7 Å². The molecule has 1 heterocycles. The first-order valence-electron chi connectivity index (χ1n) is 7.71. The second-order valence-corrected chi connectivity index (χ2v) is 6.56. The number of methoxy groups -OCH3 is 2. The van der Waals surface area contributed by atoms with Gasteiger partial charge in [0.25, 0.3) is 0 Å². The third-order valence-corrected chi connectivity index (χ3v) is 3.38. The maximum Gasteiger partial charge on any atom is 0.410 e. The van der Waals surface area contributed by atoms with Crippen LogP contribution in [-0.2, 0) is 22.7 Å². The van der Waals surface area contributed by atoms with Gasteiger partial charge in [-0.2, -0.15) is 0 Å². The monoisotopic (exact) mass is 335 g/mol. The molecule has 0 saturated heterocycles. The smallest absolute Gasteiger partial charge is 0.410 e. The van der Waals surface area contributed by atoms with E-state index in [1.54, 1.807) is 21.3 Å². The summed E-state index contributed by atoms with van der Waals surface area (Å²) in [6.45, 7) is 6.16. The van der Waals surface area contributed by atoms with Crippen LogP contribution in [0.15, 0.2) is 18.2 Å². The highest BCUT2D eigenvalue weighted by atomic mass is 16.6. The zero-order valence-corrected chi connectivity index (χ0v) is 15.1. The van der Waals surface area contributed by atoms with E-state index in [0.717, 1.165) is 16.8 Å². The van der Waals surface area contributed by atoms with Crippen LogP contribution in [0.1, 0.15) is 26.6 Å². The predicted octanol–water partition coefficient (Wildman–Crippen LogP) is 3.02. The number of aromatic nitrogens is 2. The van der Waals surface area contributed by atoms with Crippen molar-refractivity contribution in [3.8, 4) is 5.75 Å². The first-order chi connectivity index (χ1) is 11.2. The average molecular weight is 335 g/mol. The summed E-state index contributed by atoms with van der Waals surface area (Å²) in [6.07, 6.45) is -0.392. The number of imidazole rings is 1. The first kappa shape index (κ1) is 18.1. The number of fused-ring (bicyclic) bond motifs is 1. The van der Waals surface area contributed by atoms with Gasteiger partial charge in [0.15, 0.2) is 0 Å². The fourth-order valence-electron chi connectivity index (χ4n) is 2.29. The molecule has 1 amide bonds. The van der Waals surface area contributed by atoms with E-state index in [2.05, 4.69) is 4.98 Å². The van der Waals surface area contributed by atoms with Gasteiger partial charge in [0.2, 0.25) is 0 Å². The third-order valence-electron chi connectivity index (χ3n) is 3.38. The molecule has 2 aromatic rings. The Morgan fingerprint density at radius 3 is 2.58 bits per heavy atom. The molecule has 0 N–H and O–H groups in total. The second-order valence-electron chi connectivity index (χ2n) is 6.56. The highest BCUT2D eigenvalue weighted by Crippen LogP contribution is 2.23. The lowest BCUT2D eigenvalue weighted by molar-refractivity contribution is 0.0275. The number of nitrogens with zero attached hydrogens (tertiary/aromatic N) is 3. The van der Waals surface area contributed by atoms with Gasteiger partial charge in [0.05, 0.1) is 24.7 Å². The summed E-state index contributed by atoms with van der Waals surface area (Å²) >= 11 is 0. The summed E-state index contributed by atoms with van der Waals surface area (Å²) in [5.74, 6) is 1.46. The molecule has 0 bridgehead atoms. The Morgan fingerprint density at radius 1 is 1.29 bits per heavy atom. The quantitative estimate of drug-likeness (QED) is 0.840. The zero-order valence-electron chi connectivity index (χ0n) is 15.1. The minimum Gasteiger partial charge on any atom is -0.497 e. The summed E-state index contributed by atoms with van der Waals surface area (Å²) in [6, 6.07) is 5.64. The number of ether oxygens (including phenoxy) is 3. The van der Waals surface area contributed by atoms with Crippen molar-refractivity contribution < 1.29 is 19.0 Å². The highest BCUT2D eigenvalue weighted by Gasteiger charge is 2.21. The van der Waals surface area contributed by atoms with Crippen molar-refractivity contribution in [3.05, 3.63) is 24.0 Å². The largest absolute Gasteiger partial charge is 0.497 e. The molecule has 0 aliphatic heterocycles. The molecule has 0 radical (unpaired) electrons. The van der Waals surface area contributed by atoms with E-state index >= 15 is 0 Å². The van der Waals surface area contributed by atoms with Crippen molar-refractivity contribution in [2.24, 2.45) is 0 Å². The lowest BCUT2D eigenvalue weighted by atomic mass is 10.2. The topological polar surface area (TPSA) is 65.8 Å². The van der Waals surface area contributed by atoms with Crippen LogP contribution in [0, 0.1) is 0 Å². The van der Waals surface area contributed by atoms with Crippen molar-refractivity contribution in [2.45, 2.75) is 39.6 Å². The molecular formula is C17H25N3O4. The Kier molecular flexibility index (Phi) is 5.33. The van der Waals surface area contributed by atoms with Gasteiger partial charge in [-0.25, -0.2) is 9.78 Å². The van der Waals surface area contributed by atoms with Gasteiger partial charge in [-0.3, -0.25) is 0 Å². The van der Waals surface area contributed by atoms with E-state index in [4.69, 9.17) is 14.2 Å². The highest BCUT2D eigenvalue weighted by molar-refractivity contribution is 5.78. The van der Waals surface area contributed by atoms with E-state index in [1.165, 1.54) is 4.90 Å². The molecule has 0 aliphatic carbocycles. The average Bonchev–Trinajstić information content (AvgIpc) is 2.83. The Morgan fingerprint density at radius 2 is 2.00 bits per heavy atom. The lowest BCUT2D eigenvalue weighted by Gasteiger charge is -2.24. The molecule has 2 rings (SSSR count). The summed E-state index contributed by atoms with van der Waals surface area (Å²) in [5.41, 5.74) is 1.18. The molecular weight excluding hydrogens is 310 g/mol. The number of benzene rings is 1. The molecule has 0 aliphatic rings. The van der Waals surface area contributed by atoms with Crippen molar-refractivity contribution in [3.63, 3.8) is 0 Å². The van der Waals surface area contributed by atoms with E-state index < -0.39 is 11.7 Å². The lowest BCUT2D eigenvalue weighted by Crippen LogP contribution is -2.34. The molecule has 132 valence electrons. The van der Waals surface area contributed by atoms with Crippen molar-refractivity contribution >= 4 is 17.1 Å². The molecule has 1 aromatic carbocycles. The normalized spacial score (nSPS) is 11.6. The number of hydrogen-bond donors (Lipinski definition) is 0. The Balaban J connectivity index is 2.30. The van der Waals surface area contributed by atoms with Gasteiger partial charge in [-0.1, -0.05) is 0 Å². The number of hydrogen-bond acceptors (Lipinski definition) is 5. The Bertz CT molecular complexity index is 718. The van der Waals surface area contributed by atoms with Crippen molar-refractivity contribution in [1.82, 2.24) is 14.5 Å².